The first-order chi connectivity index (χ1) is 8.25. The molecule has 0 spiro atoms. The van der Waals surface area contributed by atoms with E-state index in [1.165, 1.54) is 47.8 Å². The van der Waals surface area contributed by atoms with Gasteiger partial charge in [-0.15, -0.1) is 0 Å². The van der Waals surface area contributed by atoms with Crippen LogP contribution in [0.25, 0.3) is 10.1 Å². The molecule has 1 fully saturated rings. The van der Waals surface area contributed by atoms with Gasteiger partial charge in [-0.1, -0.05) is 54.6 Å². The summed E-state index contributed by atoms with van der Waals surface area (Å²) in [6.45, 7) is 2.14. The smallest absolute Gasteiger partial charge is 0.124 e. The molecule has 1 aliphatic rings. The summed E-state index contributed by atoms with van der Waals surface area (Å²) in [4.78, 5) is 0. The molecule has 17 heavy (non-hydrogen) atoms. The molecule has 1 nitrogen and oxygen atoms in total. The Labute approximate surface area is 111 Å². The van der Waals surface area contributed by atoms with Gasteiger partial charge in [0.1, 0.15) is 4.64 Å². The molecule has 0 aliphatic heterocycles. The van der Waals surface area contributed by atoms with Crippen LogP contribution in [0.1, 0.15) is 43.7 Å². The second kappa shape index (κ2) is 4.54. The highest BCUT2D eigenvalue weighted by Crippen LogP contribution is 2.34. The summed E-state index contributed by atoms with van der Waals surface area (Å²) >= 11 is 7.49. The van der Waals surface area contributed by atoms with Gasteiger partial charge in [-0.2, -0.15) is 0 Å². The number of benzene rings is 1. The number of aryl methyl sites for hydroxylation is 1. The predicted octanol–water partition coefficient (Wildman–Crippen LogP) is 5.25. The Morgan fingerprint density at radius 3 is 2.76 bits per heavy atom. The molecule has 2 aromatic rings. The normalized spacial score (nSPS) is 17.7. The van der Waals surface area contributed by atoms with Crippen molar-refractivity contribution < 1.29 is 0 Å². The van der Waals surface area contributed by atoms with Gasteiger partial charge in [-0.25, -0.2) is 0 Å². The molecule has 1 aromatic carbocycles. The van der Waals surface area contributed by atoms with E-state index < -0.39 is 0 Å². The van der Waals surface area contributed by atoms with Crippen LogP contribution < -0.4 is 0 Å². The van der Waals surface area contributed by atoms with Gasteiger partial charge >= 0.3 is 0 Å². The van der Waals surface area contributed by atoms with Crippen LogP contribution in [0.5, 0.6) is 0 Å². The topological polar surface area (TPSA) is 4.93 Å². The van der Waals surface area contributed by atoms with Crippen LogP contribution in [0.4, 0.5) is 0 Å². The Balaban J connectivity index is 2.10. The Hall–Kier alpha value is -0.670. The molecule has 0 unspecified atom stereocenters. The van der Waals surface area contributed by atoms with E-state index in [2.05, 4.69) is 29.1 Å². The summed E-state index contributed by atoms with van der Waals surface area (Å²) in [7, 11) is 0. The van der Waals surface area contributed by atoms with Crippen LogP contribution in [-0.4, -0.2) is 3.96 Å². The summed E-state index contributed by atoms with van der Waals surface area (Å²) in [5, 5.41) is 1.27. The minimum Gasteiger partial charge on any atom is -0.284 e. The van der Waals surface area contributed by atoms with Gasteiger partial charge in [0, 0.05) is 11.4 Å². The molecular formula is C14H17NS2. The minimum absolute atomic E-state index is 0.661. The Kier molecular flexibility index (Phi) is 3.05. The van der Waals surface area contributed by atoms with E-state index >= 15 is 0 Å². The van der Waals surface area contributed by atoms with Crippen LogP contribution in [0.3, 0.4) is 0 Å². The zero-order chi connectivity index (χ0) is 11.8. The molecule has 1 heterocycles. The van der Waals surface area contributed by atoms with Gasteiger partial charge in [0.05, 0.1) is 4.70 Å². The first-order valence-electron chi connectivity index (χ1n) is 6.38. The number of hydrogen-bond donors (Lipinski definition) is 0. The highest BCUT2D eigenvalue weighted by molar-refractivity contribution is 7.71. The second-order valence-electron chi connectivity index (χ2n) is 5.01. The lowest BCUT2D eigenvalue weighted by Gasteiger charge is -2.22. The number of rotatable bonds is 1. The van der Waals surface area contributed by atoms with Gasteiger partial charge in [0.15, 0.2) is 0 Å². The van der Waals surface area contributed by atoms with Crippen LogP contribution in [0.15, 0.2) is 18.2 Å². The van der Waals surface area contributed by atoms with Gasteiger partial charge in [0.25, 0.3) is 0 Å². The third kappa shape index (κ3) is 2.06. The van der Waals surface area contributed by atoms with Crippen molar-refractivity contribution in [2.45, 2.75) is 45.1 Å². The van der Waals surface area contributed by atoms with E-state index in [1.54, 1.807) is 0 Å². The third-order valence-corrected chi connectivity index (χ3v) is 5.43. The van der Waals surface area contributed by atoms with E-state index in [1.807, 2.05) is 11.5 Å². The quantitative estimate of drug-likeness (QED) is 0.636. The first-order valence-corrected chi connectivity index (χ1v) is 7.56. The number of hydrogen-bond acceptors (Lipinski definition) is 2. The van der Waals surface area contributed by atoms with Crippen molar-refractivity contribution in [3.8, 4) is 0 Å². The SMILES string of the molecule is Cc1ccc2sn(C3CCCCC3)c(=S)c2c1. The van der Waals surface area contributed by atoms with Crippen LogP contribution in [0, 0.1) is 11.6 Å². The average Bonchev–Trinajstić information content (AvgIpc) is 2.68. The molecule has 90 valence electrons. The fourth-order valence-corrected chi connectivity index (χ4v) is 4.34. The van der Waals surface area contributed by atoms with Crippen molar-refractivity contribution in [1.29, 1.82) is 0 Å². The van der Waals surface area contributed by atoms with E-state index in [4.69, 9.17) is 12.2 Å². The first kappa shape index (κ1) is 11.4. The summed E-state index contributed by atoms with van der Waals surface area (Å²) in [5.41, 5.74) is 1.30. The second-order valence-corrected chi connectivity index (χ2v) is 6.42. The summed E-state index contributed by atoms with van der Waals surface area (Å²) in [6.07, 6.45) is 6.73. The molecule has 1 aliphatic carbocycles. The summed E-state index contributed by atoms with van der Waals surface area (Å²) in [5.74, 6) is 0. The Bertz CT molecular complexity index is 588. The molecule has 1 aromatic heterocycles. The average molecular weight is 263 g/mol. The number of aromatic nitrogens is 1. The van der Waals surface area contributed by atoms with E-state index in [0.717, 1.165) is 4.64 Å². The zero-order valence-corrected chi connectivity index (χ0v) is 11.7. The van der Waals surface area contributed by atoms with Gasteiger partial charge in [-0.05, 0) is 31.9 Å². The van der Waals surface area contributed by atoms with Crippen LogP contribution >= 0.6 is 23.8 Å². The number of nitrogens with zero attached hydrogens (tertiary/aromatic N) is 1. The fourth-order valence-electron chi connectivity index (χ4n) is 2.71. The zero-order valence-electron chi connectivity index (χ0n) is 10.1. The van der Waals surface area contributed by atoms with Crippen molar-refractivity contribution in [1.82, 2.24) is 3.96 Å². The molecule has 0 N–H and O–H groups in total. The third-order valence-electron chi connectivity index (χ3n) is 3.67. The highest BCUT2D eigenvalue weighted by atomic mass is 32.1. The fraction of sp³-hybridized carbons (Fsp3) is 0.500. The maximum Gasteiger partial charge on any atom is 0.124 e. The van der Waals surface area contributed by atoms with Gasteiger partial charge < -0.3 is 0 Å². The van der Waals surface area contributed by atoms with Gasteiger partial charge in [-0.3, -0.25) is 3.96 Å². The standard InChI is InChI=1S/C14H17NS2/c1-10-7-8-13-12(9-10)14(16)15(17-13)11-5-3-2-4-6-11/h7-9,11H,2-6H2,1H3. The van der Waals surface area contributed by atoms with Crippen molar-refractivity contribution in [3.63, 3.8) is 0 Å². The lowest BCUT2D eigenvalue weighted by molar-refractivity contribution is 0.369. The Morgan fingerprint density at radius 2 is 2.00 bits per heavy atom. The van der Waals surface area contributed by atoms with E-state index in [0.29, 0.717) is 6.04 Å². The van der Waals surface area contributed by atoms with E-state index in [9.17, 15) is 0 Å². The van der Waals surface area contributed by atoms with Crippen LogP contribution in [-0.2, 0) is 0 Å². The van der Waals surface area contributed by atoms with Crippen molar-refractivity contribution in [2.24, 2.45) is 0 Å². The molecule has 0 bridgehead atoms. The molecule has 0 radical (unpaired) electrons. The van der Waals surface area contributed by atoms with Crippen LogP contribution in [0.2, 0.25) is 0 Å². The molecule has 0 saturated heterocycles. The van der Waals surface area contributed by atoms with Crippen molar-refractivity contribution in [2.75, 3.05) is 0 Å². The summed E-state index contributed by atoms with van der Waals surface area (Å²) < 4.78 is 4.78. The summed E-state index contributed by atoms with van der Waals surface area (Å²) in [6, 6.07) is 7.28. The predicted molar refractivity (Wildman–Crippen MR) is 77.5 cm³/mol. The largest absolute Gasteiger partial charge is 0.284 e. The number of fused-ring (bicyclic) bond motifs is 1. The molecule has 1 saturated carbocycles. The maximum atomic E-state index is 5.64. The Morgan fingerprint density at radius 1 is 1.24 bits per heavy atom. The molecular weight excluding hydrogens is 246 g/mol. The van der Waals surface area contributed by atoms with E-state index in [-0.39, 0.29) is 0 Å². The maximum absolute atomic E-state index is 5.64. The lowest BCUT2D eigenvalue weighted by atomic mass is 9.96. The van der Waals surface area contributed by atoms with Crippen molar-refractivity contribution in [3.05, 3.63) is 28.4 Å². The lowest BCUT2D eigenvalue weighted by Crippen LogP contribution is -2.10. The minimum atomic E-state index is 0.661. The molecule has 0 amide bonds. The van der Waals surface area contributed by atoms with Crippen molar-refractivity contribution >= 4 is 33.8 Å². The monoisotopic (exact) mass is 263 g/mol. The van der Waals surface area contributed by atoms with Gasteiger partial charge in [0.2, 0.25) is 0 Å². The molecule has 0 atom stereocenters. The highest BCUT2D eigenvalue weighted by Gasteiger charge is 2.17. The molecule has 3 heteroatoms. The molecule has 3 rings (SSSR count).